The maximum atomic E-state index is 12.4. The van der Waals surface area contributed by atoms with E-state index >= 15 is 0 Å². The van der Waals surface area contributed by atoms with Crippen LogP contribution in [0.3, 0.4) is 0 Å². The summed E-state index contributed by atoms with van der Waals surface area (Å²) in [5.74, 6) is 0.565. The van der Waals surface area contributed by atoms with Crippen molar-refractivity contribution in [3.63, 3.8) is 0 Å². The van der Waals surface area contributed by atoms with E-state index in [9.17, 15) is 4.79 Å². The fraction of sp³-hybridized carbons (Fsp3) is 0.526. The lowest BCUT2D eigenvalue weighted by Gasteiger charge is -2.40. The number of aromatic nitrogens is 3. The van der Waals surface area contributed by atoms with Gasteiger partial charge < -0.3 is 14.8 Å². The fourth-order valence-corrected chi connectivity index (χ4v) is 3.89. The molecule has 1 aliphatic rings. The van der Waals surface area contributed by atoms with Gasteiger partial charge in [-0.05, 0) is 30.9 Å². The normalized spacial score (nSPS) is 20.4. The number of piperidine rings is 1. The van der Waals surface area contributed by atoms with Crippen LogP contribution in [-0.2, 0) is 25.4 Å². The van der Waals surface area contributed by atoms with Crippen molar-refractivity contribution in [3.05, 3.63) is 41.5 Å². The van der Waals surface area contributed by atoms with Crippen LogP contribution in [0.25, 0.3) is 0 Å². The quantitative estimate of drug-likeness (QED) is 0.857. The van der Waals surface area contributed by atoms with E-state index in [-0.39, 0.29) is 11.9 Å². The van der Waals surface area contributed by atoms with Crippen LogP contribution in [0.15, 0.2) is 24.7 Å². The molecule has 7 heteroatoms. The van der Waals surface area contributed by atoms with Crippen molar-refractivity contribution in [2.75, 3.05) is 13.1 Å². The van der Waals surface area contributed by atoms with Crippen molar-refractivity contribution in [3.8, 4) is 6.07 Å². The van der Waals surface area contributed by atoms with Gasteiger partial charge in [-0.25, -0.2) is 0 Å². The second-order valence-electron chi connectivity index (χ2n) is 6.96. The van der Waals surface area contributed by atoms with Crippen LogP contribution in [0.5, 0.6) is 0 Å². The molecule has 2 aromatic heterocycles. The molecule has 0 spiro atoms. The highest BCUT2D eigenvalue weighted by Gasteiger charge is 2.36. The second-order valence-corrected chi connectivity index (χ2v) is 6.96. The number of hydrogen-bond acceptors (Lipinski definition) is 4. The second kappa shape index (κ2) is 7.75. The molecule has 0 bridgehead atoms. The van der Waals surface area contributed by atoms with Crippen molar-refractivity contribution in [1.29, 1.82) is 5.26 Å². The summed E-state index contributed by atoms with van der Waals surface area (Å²) in [4.78, 5) is 14.4. The zero-order valence-corrected chi connectivity index (χ0v) is 15.6. The standard InChI is InChI=1S/C19H26N6O/c1-4-25-18(26)6-5-15(19(25)16-11-22-24(3)13-16)10-21-9-14-7-17(8-20)23(2)12-14/h7,11-13,15,19,21H,4-6,9-10H2,1-3H3/t15-,19+/m1/s1. The van der Waals surface area contributed by atoms with E-state index in [0.717, 1.165) is 24.1 Å². The Labute approximate surface area is 154 Å². The van der Waals surface area contributed by atoms with E-state index in [1.807, 2.05) is 55.1 Å². The molecule has 0 unspecified atom stereocenters. The number of aryl methyl sites for hydroxylation is 2. The van der Waals surface area contributed by atoms with E-state index in [2.05, 4.69) is 16.5 Å². The first kappa shape index (κ1) is 18.2. The Balaban J connectivity index is 1.69. The molecule has 1 amide bonds. The van der Waals surface area contributed by atoms with Gasteiger partial charge >= 0.3 is 0 Å². The zero-order chi connectivity index (χ0) is 18.7. The fourth-order valence-electron chi connectivity index (χ4n) is 3.89. The number of likely N-dealkylation sites (tertiary alicyclic amines) is 1. The van der Waals surface area contributed by atoms with Crippen LogP contribution in [-0.4, -0.2) is 38.2 Å². The number of rotatable bonds is 6. The van der Waals surface area contributed by atoms with Crippen molar-refractivity contribution in [2.45, 2.75) is 32.4 Å². The molecule has 1 N–H and O–H groups in total. The molecule has 2 atom stereocenters. The first-order valence-corrected chi connectivity index (χ1v) is 9.07. The van der Waals surface area contributed by atoms with E-state index in [1.54, 1.807) is 4.68 Å². The van der Waals surface area contributed by atoms with Crippen LogP contribution in [0, 0.1) is 17.2 Å². The summed E-state index contributed by atoms with van der Waals surface area (Å²) in [6, 6.07) is 4.16. The molecule has 1 fully saturated rings. The Morgan fingerprint density at radius 1 is 1.38 bits per heavy atom. The SMILES string of the molecule is CCN1C(=O)CC[C@H](CNCc2cc(C#N)n(C)c2)[C@H]1c1cnn(C)c1. The number of nitrogens with zero attached hydrogens (tertiary/aromatic N) is 5. The molecule has 26 heavy (non-hydrogen) atoms. The summed E-state index contributed by atoms with van der Waals surface area (Å²) >= 11 is 0. The molecule has 1 aliphatic heterocycles. The molecule has 0 saturated carbocycles. The summed E-state index contributed by atoms with van der Waals surface area (Å²) in [5, 5.41) is 16.9. The molecular weight excluding hydrogens is 328 g/mol. The summed E-state index contributed by atoms with van der Waals surface area (Å²) in [5.41, 5.74) is 2.86. The first-order chi connectivity index (χ1) is 12.5. The predicted octanol–water partition coefficient (Wildman–Crippen LogP) is 1.72. The lowest BCUT2D eigenvalue weighted by atomic mass is 9.85. The Morgan fingerprint density at radius 3 is 2.81 bits per heavy atom. The van der Waals surface area contributed by atoms with E-state index in [4.69, 9.17) is 5.26 Å². The van der Waals surface area contributed by atoms with Gasteiger partial charge in [0.05, 0.1) is 12.2 Å². The van der Waals surface area contributed by atoms with Crippen LogP contribution < -0.4 is 5.32 Å². The molecule has 3 heterocycles. The van der Waals surface area contributed by atoms with Crippen molar-refractivity contribution in [2.24, 2.45) is 20.0 Å². The zero-order valence-electron chi connectivity index (χ0n) is 15.6. The van der Waals surface area contributed by atoms with E-state index < -0.39 is 0 Å². The number of hydrogen-bond donors (Lipinski definition) is 1. The molecular formula is C19H26N6O. The van der Waals surface area contributed by atoms with Crippen molar-refractivity contribution in [1.82, 2.24) is 24.6 Å². The van der Waals surface area contributed by atoms with Gasteiger partial charge in [-0.15, -0.1) is 0 Å². The highest BCUT2D eigenvalue weighted by atomic mass is 16.2. The maximum absolute atomic E-state index is 12.4. The Bertz CT molecular complexity index is 814. The topological polar surface area (TPSA) is 78.9 Å². The van der Waals surface area contributed by atoms with Crippen LogP contribution in [0.4, 0.5) is 0 Å². The van der Waals surface area contributed by atoms with E-state index in [1.165, 1.54) is 0 Å². The minimum atomic E-state index is 0.0629. The largest absolute Gasteiger partial charge is 0.342 e. The molecule has 1 saturated heterocycles. The van der Waals surface area contributed by atoms with Gasteiger partial charge in [-0.3, -0.25) is 9.48 Å². The smallest absolute Gasteiger partial charge is 0.223 e. The first-order valence-electron chi connectivity index (χ1n) is 9.07. The van der Waals surface area contributed by atoms with Gasteiger partial charge in [0.1, 0.15) is 11.8 Å². The molecule has 0 aromatic carbocycles. The number of nitriles is 1. The van der Waals surface area contributed by atoms with Crippen molar-refractivity contribution < 1.29 is 4.79 Å². The number of amides is 1. The third-order valence-corrected chi connectivity index (χ3v) is 5.15. The number of carbonyl (C=O) groups is 1. The summed E-state index contributed by atoms with van der Waals surface area (Å²) in [6.45, 7) is 4.27. The average Bonchev–Trinajstić information content (AvgIpc) is 3.21. The minimum Gasteiger partial charge on any atom is -0.342 e. The molecule has 0 radical (unpaired) electrons. The summed E-state index contributed by atoms with van der Waals surface area (Å²) < 4.78 is 3.63. The summed E-state index contributed by atoms with van der Waals surface area (Å²) in [6.07, 6.45) is 7.33. The molecule has 138 valence electrons. The van der Waals surface area contributed by atoms with Crippen molar-refractivity contribution >= 4 is 5.91 Å². The highest BCUT2D eigenvalue weighted by molar-refractivity contribution is 5.77. The molecule has 0 aliphatic carbocycles. The third-order valence-electron chi connectivity index (χ3n) is 5.15. The lowest BCUT2D eigenvalue weighted by Crippen LogP contribution is -2.45. The Morgan fingerprint density at radius 2 is 2.19 bits per heavy atom. The third kappa shape index (κ3) is 3.65. The van der Waals surface area contributed by atoms with Gasteiger partial charge in [0.2, 0.25) is 5.91 Å². The Kier molecular flexibility index (Phi) is 5.43. The average molecular weight is 354 g/mol. The Hall–Kier alpha value is -2.59. The summed E-state index contributed by atoms with van der Waals surface area (Å²) in [7, 11) is 3.78. The van der Waals surface area contributed by atoms with Crippen LogP contribution in [0.1, 0.15) is 42.6 Å². The number of nitrogens with one attached hydrogen (secondary N) is 1. The lowest BCUT2D eigenvalue weighted by molar-refractivity contribution is -0.138. The van der Waals surface area contributed by atoms with Crippen LogP contribution >= 0.6 is 0 Å². The predicted molar refractivity (Wildman–Crippen MR) is 97.9 cm³/mol. The highest BCUT2D eigenvalue weighted by Crippen LogP contribution is 2.36. The minimum absolute atomic E-state index is 0.0629. The van der Waals surface area contributed by atoms with E-state index in [0.29, 0.717) is 31.1 Å². The van der Waals surface area contributed by atoms with Gasteiger partial charge in [0.15, 0.2) is 0 Å². The molecule has 7 nitrogen and oxygen atoms in total. The van der Waals surface area contributed by atoms with Gasteiger partial charge in [0, 0.05) is 58.1 Å². The van der Waals surface area contributed by atoms with Crippen LogP contribution in [0.2, 0.25) is 0 Å². The van der Waals surface area contributed by atoms with Gasteiger partial charge in [0.25, 0.3) is 0 Å². The molecule has 2 aromatic rings. The monoisotopic (exact) mass is 354 g/mol. The molecule has 3 rings (SSSR count). The van der Waals surface area contributed by atoms with Gasteiger partial charge in [-0.2, -0.15) is 10.4 Å². The number of carbonyl (C=O) groups excluding carboxylic acids is 1. The maximum Gasteiger partial charge on any atom is 0.223 e. The van der Waals surface area contributed by atoms with Gasteiger partial charge in [-0.1, -0.05) is 0 Å².